The van der Waals surface area contributed by atoms with E-state index in [2.05, 4.69) is 0 Å². The van der Waals surface area contributed by atoms with Crippen LogP contribution in [0, 0.1) is 0 Å². The average Bonchev–Trinajstić information content (AvgIpc) is 2.61. The van der Waals surface area contributed by atoms with Crippen molar-refractivity contribution in [3.63, 3.8) is 0 Å². The Balaban J connectivity index is -0.0000000476. The van der Waals surface area contributed by atoms with E-state index < -0.39 is 0 Å². The first kappa shape index (κ1) is 41.8. The van der Waals surface area contributed by atoms with Gasteiger partial charge in [0.2, 0.25) is 0 Å². The Hall–Kier alpha value is 1.48. The van der Waals surface area contributed by atoms with Crippen LogP contribution in [0.1, 0.15) is 34.6 Å². The van der Waals surface area contributed by atoms with Crippen LogP contribution in [0.2, 0.25) is 31.6 Å². The minimum absolute atomic E-state index is 0. The van der Waals surface area contributed by atoms with Crippen LogP contribution >= 0.6 is 0 Å². The molecule has 0 bridgehead atoms. The largest absolute Gasteiger partial charge is 0.0923 e. The monoisotopic (exact) mass is 369 g/mol. The second kappa shape index (κ2) is 63.3. The van der Waals surface area contributed by atoms with E-state index in [4.69, 9.17) is 38.7 Å². The fourth-order valence-corrected chi connectivity index (χ4v) is 0.680. The molecule has 0 aromatic rings. The molecule has 26 heavy (non-hydrogen) atoms. The zero-order valence-electron chi connectivity index (χ0n) is 17.5. The molecule has 0 aromatic heterocycles. The zero-order chi connectivity index (χ0) is 20.6. The summed E-state index contributed by atoms with van der Waals surface area (Å²) in [6, 6.07) is 0. The third kappa shape index (κ3) is 116. The Morgan fingerprint density at radius 3 is 0.500 bits per heavy atom. The fourth-order valence-electron chi connectivity index (χ4n) is 0.680. The summed E-state index contributed by atoms with van der Waals surface area (Å²) in [6.07, 6.45) is 5.19. The van der Waals surface area contributed by atoms with Crippen LogP contribution in [-0.4, -0.2) is 110 Å². The Labute approximate surface area is 192 Å². The second-order valence-corrected chi connectivity index (χ2v) is 4.18. The van der Waals surface area contributed by atoms with Gasteiger partial charge in [0.1, 0.15) is 0 Å². The van der Waals surface area contributed by atoms with Crippen molar-refractivity contribution in [1.29, 1.82) is 0 Å². The first-order valence-electron chi connectivity index (χ1n) is 8.91. The molecule has 0 atom stereocenters. The van der Waals surface area contributed by atoms with Crippen molar-refractivity contribution in [1.82, 2.24) is 0 Å². The molecule has 16 heteroatoms. The van der Waals surface area contributed by atoms with Crippen molar-refractivity contribution >= 4 is 110 Å². The van der Waals surface area contributed by atoms with E-state index in [1.54, 1.807) is 35.3 Å². The van der Waals surface area contributed by atoms with Gasteiger partial charge < -0.3 is 0 Å². The summed E-state index contributed by atoms with van der Waals surface area (Å²) in [4.78, 5) is 0. The molecule has 0 aliphatic heterocycles. The summed E-state index contributed by atoms with van der Waals surface area (Å²) in [5.41, 5.74) is 0. The predicted octanol–water partition coefficient (Wildman–Crippen LogP) is -0.845. The van der Waals surface area contributed by atoms with Crippen molar-refractivity contribution < 1.29 is 16.8 Å². The minimum Gasteiger partial charge on any atom is -0.0923 e. The number of hydrogen-bond donors (Lipinski definition) is 0. The third-order valence-electron chi connectivity index (χ3n) is 1.86. The molecule has 0 N–H and O–H groups in total. The van der Waals surface area contributed by atoms with Crippen LogP contribution in [-0.2, 0) is 16.8 Å². The number of hydrogen-bond acceptors (Lipinski definition) is 0. The van der Waals surface area contributed by atoms with E-state index in [9.17, 15) is 0 Å². The molecule has 0 amide bonds. The second-order valence-electron chi connectivity index (χ2n) is 4.18. The normalized spacial score (nSPS) is 6.35. The van der Waals surface area contributed by atoms with E-state index in [0.717, 1.165) is 31.6 Å². The Morgan fingerprint density at radius 2 is 0.500 bits per heavy atom. The summed E-state index contributed by atoms with van der Waals surface area (Å²) in [5, 5.41) is 0. The molecule has 0 heterocycles. The van der Waals surface area contributed by atoms with Gasteiger partial charge in [-0.25, -0.2) is 0 Å². The molecule has 0 saturated heterocycles. The van der Waals surface area contributed by atoms with Crippen LogP contribution in [0.25, 0.3) is 0 Å². The van der Waals surface area contributed by atoms with Gasteiger partial charge in [0.05, 0.1) is 35.9 Å². The Morgan fingerprint density at radius 1 is 0.385 bits per heavy atom. The van der Waals surface area contributed by atoms with Crippen molar-refractivity contribution in [2.24, 2.45) is 0 Å². The molecule has 0 aliphatic carbocycles. The topological polar surface area (TPSA) is 0 Å². The molecular formula is C10H25B15Co. The summed E-state index contributed by atoms with van der Waals surface area (Å²) in [5.74, 6) is 0. The quantitative estimate of drug-likeness (QED) is 0.442. The van der Waals surface area contributed by atoms with Gasteiger partial charge in [-0.1, -0.05) is 66.2 Å². The van der Waals surface area contributed by atoms with Gasteiger partial charge in [-0.2, -0.15) is 0 Å². The maximum Gasteiger partial charge on any atom is 0.0541 e. The van der Waals surface area contributed by atoms with E-state index in [0.29, 0.717) is 0 Å². The Kier molecular flexibility index (Phi) is 102. The van der Waals surface area contributed by atoms with Crippen molar-refractivity contribution in [2.75, 3.05) is 0 Å². The predicted molar refractivity (Wildman–Crippen MR) is 139 cm³/mol. The molecule has 0 fully saturated rings. The van der Waals surface area contributed by atoms with Crippen LogP contribution in [0.4, 0.5) is 0 Å². The van der Waals surface area contributed by atoms with Gasteiger partial charge in [0, 0.05) is 90.8 Å². The molecular weight excluding hydrogens is 341 g/mol. The van der Waals surface area contributed by atoms with Gasteiger partial charge in [-0.3, -0.25) is 0 Å². The van der Waals surface area contributed by atoms with Gasteiger partial charge in [0.15, 0.2) is 0 Å². The summed E-state index contributed by atoms with van der Waals surface area (Å²) in [7, 11) is 42.1. The first-order valence-corrected chi connectivity index (χ1v) is 8.91. The SMILES string of the molecule is [B][B][B]CC.[B][B][B]CC.[B][B][B]CC.[B][B][B]CC.[B][B][B]CC.[Co]. The van der Waals surface area contributed by atoms with Gasteiger partial charge in [0.25, 0.3) is 0 Å². The van der Waals surface area contributed by atoms with Gasteiger partial charge >= 0.3 is 0 Å². The summed E-state index contributed by atoms with van der Waals surface area (Å²) < 4.78 is 0. The molecule has 0 rings (SSSR count). The molecule has 0 nitrogen and oxygen atoms in total. The van der Waals surface area contributed by atoms with Crippen molar-refractivity contribution in [2.45, 2.75) is 66.2 Å². The van der Waals surface area contributed by atoms with Gasteiger partial charge in [-0.05, 0) is 0 Å². The summed E-state index contributed by atoms with van der Waals surface area (Å²) >= 11 is 0. The molecule has 0 saturated carbocycles. The first-order chi connectivity index (χ1) is 12.1. The third-order valence-corrected chi connectivity index (χ3v) is 1.86. The standard InChI is InChI=1S/5C2H5B3.Co/c5*1-2-4-5-3;/h5*2H2,1H3;. The molecule has 0 unspecified atom stereocenters. The molecule has 0 aromatic carbocycles. The molecule has 119 valence electrons. The van der Waals surface area contributed by atoms with Crippen molar-refractivity contribution in [3.8, 4) is 0 Å². The van der Waals surface area contributed by atoms with Crippen molar-refractivity contribution in [3.05, 3.63) is 0 Å². The summed E-state index contributed by atoms with van der Waals surface area (Å²) in [6.45, 7) is 10.2. The van der Waals surface area contributed by atoms with Crippen LogP contribution in [0.5, 0.6) is 0 Å². The number of rotatable bonds is 10. The zero-order valence-corrected chi connectivity index (χ0v) is 18.6. The fraction of sp³-hybridized carbons (Fsp3) is 1.00. The molecule has 21 radical (unpaired) electrons. The maximum atomic E-state index is 4.96. The van der Waals surface area contributed by atoms with E-state index in [1.807, 2.05) is 70.5 Å². The maximum absolute atomic E-state index is 4.96. The molecule has 0 aliphatic rings. The smallest absolute Gasteiger partial charge is 0.0541 e. The Bertz CT molecular complexity index is 103. The van der Waals surface area contributed by atoms with E-state index in [-0.39, 0.29) is 16.8 Å². The van der Waals surface area contributed by atoms with Crippen LogP contribution in [0.3, 0.4) is 0 Å². The average molecular weight is 366 g/mol. The van der Waals surface area contributed by atoms with E-state index in [1.165, 1.54) is 0 Å². The minimum atomic E-state index is 0. The van der Waals surface area contributed by atoms with Crippen LogP contribution in [0.15, 0.2) is 0 Å². The van der Waals surface area contributed by atoms with Gasteiger partial charge in [-0.15, -0.1) is 0 Å². The van der Waals surface area contributed by atoms with E-state index >= 15 is 0 Å². The van der Waals surface area contributed by atoms with Crippen LogP contribution < -0.4 is 0 Å². The molecule has 0 spiro atoms.